The van der Waals surface area contributed by atoms with Gasteiger partial charge in [-0.25, -0.2) is 0 Å². The van der Waals surface area contributed by atoms with Gasteiger partial charge in [-0.15, -0.1) is 0 Å². The first-order chi connectivity index (χ1) is 38.8. The van der Waals surface area contributed by atoms with Crippen molar-refractivity contribution < 1.29 is 89.4 Å². The fourth-order valence-corrected chi connectivity index (χ4v) is 10.8. The van der Waals surface area contributed by atoms with E-state index in [0.29, 0.717) is 12.8 Å². The lowest BCUT2D eigenvalue weighted by Crippen LogP contribution is -2.66. The average Bonchev–Trinajstić information content (AvgIpc) is 3.55. The number of unbranched alkanes of at least 4 members (excludes halogenated alkanes) is 29. The molecule has 0 aliphatic carbocycles. The molecule has 0 aromatic carbocycles. The molecule has 0 aromatic rings. The van der Waals surface area contributed by atoms with E-state index >= 15 is 0 Å². The van der Waals surface area contributed by atoms with Gasteiger partial charge >= 0.3 is 0 Å². The Bertz CT molecular complexity index is 1560. The van der Waals surface area contributed by atoms with Crippen molar-refractivity contribution in [1.82, 2.24) is 5.32 Å². The molecule has 3 heterocycles. The van der Waals surface area contributed by atoms with Gasteiger partial charge < -0.3 is 89.9 Å². The summed E-state index contributed by atoms with van der Waals surface area (Å²) in [6.07, 6.45) is 20.6. The predicted molar refractivity (Wildman–Crippen MR) is 305 cm³/mol. The van der Waals surface area contributed by atoms with E-state index in [0.717, 1.165) is 44.9 Å². The zero-order valence-electron chi connectivity index (χ0n) is 49.1. The number of carbonyl (C=O) groups excluding carboxylic acids is 1. The van der Waals surface area contributed by atoms with E-state index in [9.17, 15) is 61.0 Å². The van der Waals surface area contributed by atoms with Gasteiger partial charge in [0.15, 0.2) is 18.9 Å². The summed E-state index contributed by atoms with van der Waals surface area (Å²) in [5.41, 5.74) is 0. The number of carbonyl (C=O) groups is 1. The summed E-state index contributed by atoms with van der Waals surface area (Å²) in [7, 11) is 0. The quantitative estimate of drug-likeness (QED) is 0.0234. The molecule has 80 heavy (non-hydrogen) atoms. The minimum Gasteiger partial charge on any atom is -0.394 e. The molecular weight excluding hydrogens is 1030 g/mol. The summed E-state index contributed by atoms with van der Waals surface area (Å²) in [5, 5.41) is 120. The lowest BCUT2D eigenvalue weighted by Gasteiger charge is -2.48. The first-order valence-corrected chi connectivity index (χ1v) is 31.6. The largest absolute Gasteiger partial charge is 0.394 e. The highest BCUT2D eigenvalue weighted by atomic mass is 16.8. The highest BCUT2D eigenvalue weighted by molar-refractivity contribution is 5.76. The SMILES string of the molecule is CCCCC/C=C/CC/C=C/C(O)C(COC1OC(CO)C(OC2OC(CO)C(OC3OC(CO)C(O)C(O)C3O)C(O)C2O)C(O)C1O)NC(=O)CCCCCCCCCCCCCCCCCCCCCCCCCCCC. The maximum absolute atomic E-state index is 13.3. The van der Waals surface area contributed by atoms with Gasteiger partial charge in [-0.3, -0.25) is 4.79 Å². The minimum absolute atomic E-state index is 0.240. The van der Waals surface area contributed by atoms with Crippen LogP contribution in [0.4, 0.5) is 0 Å². The number of ether oxygens (including phenoxy) is 6. The Morgan fingerprint density at radius 2 is 0.800 bits per heavy atom. The monoisotopic (exact) mass is 1150 g/mol. The molecule has 3 fully saturated rings. The number of hydrogen-bond donors (Lipinski definition) is 12. The molecule has 3 saturated heterocycles. The third kappa shape index (κ3) is 28.0. The second-order valence-electron chi connectivity index (χ2n) is 22.9. The summed E-state index contributed by atoms with van der Waals surface area (Å²) in [5.74, 6) is -0.285. The lowest BCUT2D eigenvalue weighted by molar-refractivity contribution is -0.379. The van der Waals surface area contributed by atoms with Crippen molar-refractivity contribution in [3.63, 3.8) is 0 Å². The van der Waals surface area contributed by atoms with Crippen molar-refractivity contribution in [3.05, 3.63) is 24.3 Å². The molecule has 0 spiro atoms. The number of aliphatic hydroxyl groups is 11. The number of hydrogen-bond acceptors (Lipinski definition) is 18. The second-order valence-corrected chi connectivity index (χ2v) is 22.9. The third-order valence-electron chi connectivity index (χ3n) is 16.0. The summed E-state index contributed by atoms with van der Waals surface area (Å²) < 4.78 is 34.2. The van der Waals surface area contributed by atoms with Crippen LogP contribution in [-0.2, 0) is 33.2 Å². The highest BCUT2D eigenvalue weighted by Gasteiger charge is 2.53. The molecule has 0 bridgehead atoms. The maximum atomic E-state index is 13.3. The summed E-state index contributed by atoms with van der Waals surface area (Å²) in [6.45, 7) is 1.65. The van der Waals surface area contributed by atoms with E-state index in [2.05, 4.69) is 31.3 Å². The molecule has 0 aromatic heterocycles. The molecule has 17 atom stereocenters. The number of rotatable bonds is 47. The van der Waals surface area contributed by atoms with E-state index in [4.69, 9.17) is 28.4 Å². The zero-order chi connectivity index (χ0) is 58.3. The maximum Gasteiger partial charge on any atom is 0.220 e. The van der Waals surface area contributed by atoms with Gasteiger partial charge in [0, 0.05) is 6.42 Å². The third-order valence-corrected chi connectivity index (χ3v) is 16.0. The van der Waals surface area contributed by atoms with Crippen molar-refractivity contribution in [1.29, 1.82) is 0 Å². The summed E-state index contributed by atoms with van der Waals surface area (Å²) >= 11 is 0. The Labute approximate surface area is 479 Å². The molecule has 0 saturated carbocycles. The Hall–Kier alpha value is -1.73. The molecule has 0 radical (unpaired) electrons. The molecule has 3 aliphatic heterocycles. The van der Waals surface area contributed by atoms with E-state index in [1.165, 1.54) is 148 Å². The van der Waals surface area contributed by atoms with Crippen LogP contribution in [0.3, 0.4) is 0 Å². The van der Waals surface area contributed by atoms with E-state index in [-0.39, 0.29) is 18.9 Å². The Morgan fingerprint density at radius 1 is 0.438 bits per heavy atom. The molecule has 19 nitrogen and oxygen atoms in total. The normalized spacial score (nSPS) is 30.1. The molecular formula is C61H113NO18. The Kier molecular flexibility index (Phi) is 40.5. The number of amides is 1. The molecule has 19 heteroatoms. The summed E-state index contributed by atoms with van der Waals surface area (Å²) in [4.78, 5) is 13.3. The van der Waals surface area contributed by atoms with Crippen LogP contribution in [0.1, 0.15) is 226 Å². The predicted octanol–water partition coefficient (Wildman–Crippen LogP) is 6.32. The zero-order valence-corrected chi connectivity index (χ0v) is 49.1. The standard InChI is InChI=1S/C61H113NO18/c1-3-5-7-9-11-13-14-15-16-17-18-19-20-21-22-23-24-25-26-27-28-29-31-33-35-37-39-49(67)62-44(45(66)38-36-34-32-30-12-10-8-6-4-2)43-75-59-55(73)52(70)57(47(41-64)77-59)80-61-56(74)53(71)58(48(42-65)78-61)79-60-54(72)51(69)50(68)46(40-63)76-60/h12,30,36,38,44-48,50-61,63-66,68-74H,3-11,13-29,31-35,37,39-43H2,1-2H3,(H,62,67)/b30-12+,38-36+. The minimum atomic E-state index is -1.98. The Morgan fingerprint density at radius 3 is 1.25 bits per heavy atom. The molecule has 17 unspecified atom stereocenters. The fourth-order valence-electron chi connectivity index (χ4n) is 10.8. The highest BCUT2D eigenvalue weighted by Crippen LogP contribution is 2.33. The van der Waals surface area contributed by atoms with Crippen molar-refractivity contribution in [2.45, 2.75) is 330 Å². The second kappa shape index (κ2) is 44.7. The number of allylic oxidation sites excluding steroid dienone is 3. The first kappa shape index (κ1) is 72.5. The van der Waals surface area contributed by atoms with Gasteiger partial charge in [-0.05, 0) is 32.1 Å². The topological polar surface area (TPSA) is 307 Å². The van der Waals surface area contributed by atoms with Gasteiger partial charge in [0.05, 0.1) is 38.6 Å². The fraction of sp³-hybridized carbons (Fsp3) is 0.918. The summed E-state index contributed by atoms with van der Waals surface area (Å²) in [6, 6.07) is -0.984. The average molecular weight is 1150 g/mol. The molecule has 12 N–H and O–H groups in total. The van der Waals surface area contributed by atoms with Crippen LogP contribution in [0.25, 0.3) is 0 Å². The van der Waals surface area contributed by atoms with Gasteiger partial charge in [0.1, 0.15) is 73.2 Å². The van der Waals surface area contributed by atoms with Crippen molar-refractivity contribution in [2.75, 3.05) is 26.4 Å². The van der Waals surface area contributed by atoms with Gasteiger partial charge in [-0.2, -0.15) is 0 Å². The molecule has 470 valence electrons. The van der Waals surface area contributed by atoms with Crippen LogP contribution in [0, 0.1) is 0 Å². The van der Waals surface area contributed by atoms with Crippen LogP contribution in [0.5, 0.6) is 0 Å². The number of aliphatic hydroxyl groups excluding tert-OH is 11. The van der Waals surface area contributed by atoms with Crippen LogP contribution >= 0.6 is 0 Å². The van der Waals surface area contributed by atoms with Crippen LogP contribution in [0.15, 0.2) is 24.3 Å². The van der Waals surface area contributed by atoms with Crippen molar-refractivity contribution in [3.8, 4) is 0 Å². The smallest absolute Gasteiger partial charge is 0.220 e. The number of nitrogens with one attached hydrogen (secondary N) is 1. The molecule has 1 amide bonds. The van der Waals surface area contributed by atoms with Gasteiger partial charge in [-0.1, -0.05) is 212 Å². The molecule has 3 rings (SSSR count). The van der Waals surface area contributed by atoms with Gasteiger partial charge in [0.2, 0.25) is 5.91 Å². The van der Waals surface area contributed by atoms with Crippen LogP contribution in [0.2, 0.25) is 0 Å². The van der Waals surface area contributed by atoms with Crippen LogP contribution in [-0.4, -0.2) is 193 Å². The Balaban J connectivity index is 1.39. The lowest BCUT2D eigenvalue weighted by atomic mass is 9.96. The first-order valence-electron chi connectivity index (χ1n) is 31.6. The molecule has 3 aliphatic rings. The van der Waals surface area contributed by atoms with E-state index < -0.39 is 124 Å². The van der Waals surface area contributed by atoms with Gasteiger partial charge in [0.25, 0.3) is 0 Å². The van der Waals surface area contributed by atoms with E-state index in [1.54, 1.807) is 6.08 Å². The van der Waals surface area contributed by atoms with Crippen molar-refractivity contribution in [2.24, 2.45) is 0 Å². The van der Waals surface area contributed by atoms with Crippen LogP contribution < -0.4 is 5.32 Å². The van der Waals surface area contributed by atoms with E-state index in [1.807, 2.05) is 6.08 Å². The van der Waals surface area contributed by atoms with Crippen molar-refractivity contribution >= 4 is 5.91 Å².